The monoisotopic (exact) mass is 306 g/mol. The molecule has 0 saturated heterocycles. The van der Waals surface area contributed by atoms with Crippen molar-refractivity contribution in [3.05, 3.63) is 47.8 Å². The van der Waals surface area contributed by atoms with Gasteiger partial charge in [-0.2, -0.15) is 0 Å². The van der Waals surface area contributed by atoms with Crippen molar-refractivity contribution in [2.75, 3.05) is 11.9 Å². The Balaban J connectivity index is 2.13. The number of hydrogen-bond donors (Lipinski definition) is 2. The number of aromatic nitrogens is 2. The zero-order valence-electron chi connectivity index (χ0n) is 12.1. The van der Waals surface area contributed by atoms with Crippen LogP contribution < -0.4 is 10.6 Å². The molecule has 22 heavy (non-hydrogen) atoms. The van der Waals surface area contributed by atoms with Crippen molar-refractivity contribution in [1.29, 1.82) is 0 Å². The molecule has 1 heterocycles. The average molecular weight is 306 g/mol. The van der Waals surface area contributed by atoms with E-state index in [1.807, 2.05) is 6.92 Å². The summed E-state index contributed by atoms with van der Waals surface area (Å²) >= 11 is 0. The van der Waals surface area contributed by atoms with Gasteiger partial charge in [-0.25, -0.2) is 18.7 Å². The molecule has 1 aromatic heterocycles. The van der Waals surface area contributed by atoms with Gasteiger partial charge in [-0.05, 0) is 24.6 Å². The van der Waals surface area contributed by atoms with E-state index in [2.05, 4.69) is 20.6 Å². The Labute approximate surface area is 126 Å². The van der Waals surface area contributed by atoms with Gasteiger partial charge in [0, 0.05) is 12.7 Å². The number of carbonyl (C=O) groups is 1. The summed E-state index contributed by atoms with van der Waals surface area (Å²) in [5.74, 6) is -1.93. The van der Waals surface area contributed by atoms with E-state index in [0.29, 0.717) is 6.54 Å². The highest BCUT2D eigenvalue weighted by Crippen LogP contribution is 2.20. The van der Waals surface area contributed by atoms with Gasteiger partial charge in [-0.1, -0.05) is 19.4 Å². The molecule has 0 bridgehead atoms. The lowest BCUT2D eigenvalue weighted by Gasteiger charge is -2.08. The SMILES string of the molecule is CCCCNC(=O)c1ccnc(Nc2c(F)cccc2F)n1. The second-order valence-electron chi connectivity index (χ2n) is 4.60. The fourth-order valence-corrected chi connectivity index (χ4v) is 1.74. The minimum atomic E-state index is -0.763. The Hall–Kier alpha value is -2.57. The number of halogens is 2. The summed E-state index contributed by atoms with van der Waals surface area (Å²) < 4.78 is 27.1. The predicted octanol–water partition coefficient (Wildman–Crippen LogP) is 3.03. The quantitative estimate of drug-likeness (QED) is 0.805. The Morgan fingerprint density at radius 1 is 1.23 bits per heavy atom. The lowest BCUT2D eigenvalue weighted by molar-refractivity contribution is 0.0948. The molecule has 116 valence electrons. The number of anilines is 2. The minimum Gasteiger partial charge on any atom is -0.351 e. The summed E-state index contributed by atoms with van der Waals surface area (Å²) in [6, 6.07) is 4.93. The molecule has 7 heteroatoms. The van der Waals surface area contributed by atoms with Crippen LogP contribution in [0.15, 0.2) is 30.5 Å². The largest absolute Gasteiger partial charge is 0.351 e. The number of para-hydroxylation sites is 1. The molecule has 1 amide bonds. The van der Waals surface area contributed by atoms with Crippen molar-refractivity contribution in [3.8, 4) is 0 Å². The Kier molecular flexibility index (Phi) is 5.35. The van der Waals surface area contributed by atoms with Gasteiger partial charge in [0.15, 0.2) is 0 Å². The summed E-state index contributed by atoms with van der Waals surface area (Å²) in [6.07, 6.45) is 3.18. The third kappa shape index (κ3) is 3.97. The van der Waals surface area contributed by atoms with Gasteiger partial charge in [-0.15, -0.1) is 0 Å². The summed E-state index contributed by atoms with van der Waals surface area (Å²) in [5.41, 5.74) is -0.226. The van der Waals surface area contributed by atoms with E-state index in [-0.39, 0.29) is 23.2 Å². The third-order valence-electron chi connectivity index (χ3n) is 2.90. The standard InChI is InChI=1S/C15H16F2N4O/c1-2-3-8-18-14(22)12-7-9-19-15(20-12)21-13-10(16)5-4-6-11(13)17/h4-7,9H,2-3,8H2,1H3,(H,18,22)(H,19,20,21). The maximum Gasteiger partial charge on any atom is 0.270 e. The van der Waals surface area contributed by atoms with Crippen molar-refractivity contribution >= 4 is 17.5 Å². The van der Waals surface area contributed by atoms with Crippen LogP contribution in [0.2, 0.25) is 0 Å². The molecule has 0 radical (unpaired) electrons. The zero-order chi connectivity index (χ0) is 15.9. The van der Waals surface area contributed by atoms with Crippen LogP contribution in [0.1, 0.15) is 30.3 Å². The van der Waals surface area contributed by atoms with Gasteiger partial charge in [0.2, 0.25) is 5.95 Å². The Morgan fingerprint density at radius 2 is 1.95 bits per heavy atom. The number of rotatable bonds is 6. The van der Waals surface area contributed by atoms with Gasteiger partial charge in [-0.3, -0.25) is 4.79 Å². The number of nitrogens with one attached hydrogen (secondary N) is 2. The summed E-state index contributed by atoms with van der Waals surface area (Å²) in [4.78, 5) is 19.7. The van der Waals surface area contributed by atoms with E-state index in [0.717, 1.165) is 25.0 Å². The van der Waals surface area contributed by atoms with Crippen molar-refractivity contribution in [2.45, 2.75) is 19.8 Å². The van der Waals surface area contributed by atoms with Crippen molar-refractivity contribution in [1.82, 2.24) is 15.3 Å². The van der Waals surface area contributed by atoms with Gasteiger partial charge in [0.1, 0.15) is 23.0 Å². The molecule has 0 aliphatic heterocycles. The molecular weight excluding hydrogens is 290 g/mol. The lowest BCUT2D eigenvalue weighted by Crippen LogP contribution is -2.25. The molecule has 0 aliphatic rings. The molecule has 0 unspecified atom stereocenters. The van der Waals surface area contributed by atoms with Gasteiger partial charge >= 0.3 is 0 Å². The number of benzene rings is 1. The molecule has 1 aromatic carbocycles. The van der Waals surface area contributed by atoms with Crippen LogP contribution in [0.3, 0.4) is 0 Å². The van der Waals surface area contributed by atoms with E-state index in [1.165, 1.54) is 18.3 Å². The highest BCUT2D eigenvalue weighted by Gasteiger charge is 2.12. The number of hydrogen-bond acceptors (Lipinski definition) is 4. The van der Waals surface area contributed by atoms with Crippen LogP contribution >= 0.6 is 0 Å². The topological polar surface area (TPSA) is 66.9 Å². The second kappa shape index (κ2) is 7.44. The summed E-state index contributed by atoms with van der Waals surface area (Å²) in [7, 11) is 0. The third-order valence-corrected chi connectivity index (χ3v) is 2.90. The van der Waals surface area contributed by atoms with Crippen molar-refractivity contribution < 1.29 is 13.6 Å². The zero-order valence-corrected chi connectivity index (χ0v) is 12.1. The predicted molar refractivity (Wildman–Crippen MR) is 78.9 cm³/mol. The molecule has 0 atom stereocenters. The minimum absolute atomic E-state index is 0.0489. The average Bonchev–Trinajstić information content (AvgIpc) is 2.51. The van der Waals surface area contributed by atoms with Gasteiger partial charge in [0.05, 0.1) is 0 Å². The molecular formula is C15H16F2N4O. The highest BCUT2D eigenvalue weighted by atomic mass is 19.1. The van der Waals surface area contributed by atoms with Gasteiger partial charge in [0.25, 0.3) is 5.91 Å². The lowest BCUT2D eigenvalue weighted by atomic mass is 10.3. The van der Waals surface area contributed by atoms with Crippen LogP contribution in [0.25, 0.3) is 0 Å². The maximum atomic E-state index is 13.6. The van der Waals surface area contributed by atoms with E-state index in [1.54, 1.807) is 0 Å². The summed E-state index contributed by atoms with van der Waals surface area (Å²) in [6.45, 7) is 2.56. The highest BCUT2D eigenvalue weighted by molar-refractivity contribution is 5.92. The van der Waals surface area contributed by atoms with Crippen molar-refractivity contribution in [3.63, 3.8) is 0 Å². The molecule has 2 rings (SSSR count). The second-order valence-corrected chi connectivity index (χ2v) is 4.60. The van der Waals surface area contributed by atoms with E-state index in [9.17, 15) is 13.6 Å². The molecule has 5 nitrogen and oxygen atoms in total. The first-order valence-corrected chi connectivity index (χ1v) is 6.94. The number of nitrogens with zero attached hydrogens (tertiary/aromatic N) is 2. The number of carbonyl (C=O) groups excluding carboxylic acids is 1. The number of unbranched alkanes of at least 4 members (excludes halogenated alkanes) is 1. The van der Waals surface area contributed by atoms with Crippen LogP contribution in [0.5, 0.6) is 0 Å². The molecule has 2 aromatic rings. The maximum absolute atomic E-state index is 13.6. The number of amides is 1. The first-order valence-electron chi connectivity index (χ1n) is 6.94. The fraction of sp³-hybridized carbons (Fsp3) is 0.267. The Bertz CT molecular complexity index is 643. The normalized spacial score (nSPS) is 10.3. The molecule has 0 fully saturated rings. The first-order chi connectivity index (χ1) is 10.6. The van der Waals surface area contributed by atoms with Crippen LogP contribution in [0.4, 0.5) is 20.4 Å². The van der Waals surface area contributed by atoms with E-state index < -0.39 is 11.6 Å². The molecule has 2 N–H and O–H groups in total. The molecule has 0 spiro atoms. The van der Waals surface area contributed by atoms with Gasteiger partial charge < -0.3 is 10.6 Å². The van der Waals surface area contributed by atoms with Crippen LogP contribution in [0, 0.1) is 11.6 Å². The molecule has 0 aliphatic carbocycles. The Morgan fingerprint density at radius 3 is 2.64 bits per heavy atom. The van der Waals surface area contributed by atoms with E-state index >= 15 is 0 Å². The first kappa shape index (κ1) is 15.8. The van der Waals surface area contributed by atoms with Crippen LogP contribution in [-0.2, 0) is 0 Å². The van der Waals surface area contributed by atoms with Crippen molar-refractivity contribution in [2.24, 2.45) is 0 Å². The van der Waals surface area contributed by atoms with E-state index in [4.69, 9.17) is 0 Å². The smallest absolute Gasteiger partial charge is 0.270 e. The summed E-state index contributed by atoms with van der Waals surface area (Å²) in [5, 5.41) is 5.16. The fourth-order valence-electron chi connectivity index (χ4n) is 1.74. The van der Waals surface area contributed by atoms with Crippen LogP contribution in [-0.4, -0.2) is 22.4 Å². The molecule has 0 saturated carbocycles.